The van der Waals surface area contributed by atoms with Crippen molar-refractivity contribution in [1.29, 1.82) is 0 Å². The van der Waals surface area contributed by atoms with E-state index in [0.717, 1.165) is 18.8 Å². The predicted octanol–water partition coefficient (Wildman–Crippen LogP) is 2.58. The Morgan fingerprint density at radius 2 is 2.28 bits per heavy atom. The number of hydrogen-bond acceptors (Lipinski definition) is 2. The zero-order chi connectivity index (χ0) is 12.4. The van der Waals surface area contributed by atoms with Gasteiger partial charge in [-0.25, -0.2) is 0 Å². The van der Waals surface area contributed by atoms with Crippen molar-refractivity contribution in [2.24, 2.45) is 0 Å². The molecular weight excluding hydrogens is 224 g/mol. The van der Waals surface area contributed by atoms with Gasteiger partial charge in [-0.2, -0.15) is 0 Å². The first kappa shape index (κ1) is 11.4. The van der Waals surface area contributed by atoms with Crippen molar-refractivity contribution in [2.45, 2.75) is 19.5 Å². The highest BCUT2D eigenvalue weighted by Crippen LogP contribution is 2.27. The molecular formula is C15H18N2O. The fourth-order valence-corrected chi connectivity index (χ4v) is 2.57. The van der Waals surface area contributed by atoms with Crippen LogP contribution in [0.2, 0.25) is 0 Å². The van der Waals surface area contributed by atoms with Crippen molar-refractivity contribution in [3.63, 3.8) is 0 Å². The second-order valence-corrected chi connectivity index (χ2v) is 4.52. The van der Waals surface area contributed by atoms with E-state index in [2.05, 4.69) is 46.4 Å². The standard InChI is InChI=1S/C15H18N2O/c1-2-18-13-6-3-5-12(11-13)15-14-7-4-9-17(14)10-8-16-15/h3-7,9,11,15-16H,2,8,10H2,1H3. The molecule has 1 N–H and O–H groups in total. The van der Waals surface area contributed by atoms with Gasteiger partial charge < -0.3 is 14.6 Å². The van der Waals surface area contributed by atoms with E-state index in [1.54, 1.807) is 0 Å². The zero-order valence-corrected chi connectivity index (χ0v) is 10.6. The number of fused-ring (bicyclic) bond motifs is 1. The Kier molecular flexibility index (Phi) is 3.07. The Balaban J connectivity index is 1.94. The second kappa shape index (κ2) is 4.86. The lowest BCUT2D eigenvalue weighted by Crippen LogP contribution is -2.33. The van der Waals surface area contributed by atoms with Gasteiger partial charge in [0.15, 0.2) is 0 Å². The molecule has 1 aromatic heterocycles. The fourth-order valence-electron chi connectivity index (χ4n) is 2.57. The Morgan fingerprint density at radius 3 is 3.17 bits per heavy atom. The summed E-state index contributed by atoms with van der Waals surface area (Å²) in [5.74, 6) is 0.945. The van der Waals surface area contributed by atoms with Crippen LogP contribution in [-0.2, 0) is 6.54 Å². The first-order chi connectivity index (χ1) is 8.88. The fraction of sp³-hybridized carbons (Fsp3) is 0.333. The van der Waals surface area contributed by atoms with Gasteiger partial charge in [-0.3, -0.25) is 0 Å². The highest BCUT2D eigenvalue weighted by molar-refractivity contribution is 5.35. The van der Waals surface area contributed by atoms with Gasteiger partial charge in [0.25, 0.3) is 0 Å². The van der Waals surface area contributed by atoms with Crippen molar-refractivity contribution in [3.8, 4) is 5.75 Å². The van der Waals surface area contributed by atoms with Crippen LogP contribution < -0.4 is 10.1 Å². The van der Waals surface area contributed by atoms with Crippen LogP contribution in [0.1, 0.15) is 24.2 Å². The summed E-state index contributed by atoms with van der Waals surface area (Å²) in [4.78, 5) is 0. The number of nitrogens with zero attached hydrogens (tertiary/aromatic N) is 1. The van der Waals surface area contributed by atoms with Crippen LogP contribution in [-0.4, -0.2) is 17.7 Å². The highest BCUT2D eigenvalue weighted by Gasteiger charge is 2.20. The number of ether oxygens (including phenoxy) is 1. The zero-order valence-electron chi connectivity index (χ0n) is 10.6. The highest BCUT2D eigenvalue weighted by atomic mass is 16.5. The minimum absolute atomic E-state index is 0.272. The second-order valence-electron chi connectivity index (χ2n) is 4.52. The van der Waals surface area contributed by atoms with Gasteiger partial charge in [-0.05, 0) is 36.8 Å². The topological polar surface area (TPSA) is 26.2 Å². The lowest BCUT2D eigenvalue weighted by molar-refractivity contribution is 0.339. The van der Waals surface area contributed by atoms with E-state index < -0.39 is 0 Å². The number of rotatable bonds is 3. The number of nitrogens with one attached hydrogen (secondary N) is 1. The van der Waals surface area contributed by atoms with Crippen molar-refractivity contribution >= 4 is 0 Å². The molecule has 1 aliphatic heterocycles. The van der Waals surface area contributed by atoms with Crippen molar-refractivity contribution < 1.29 is 4.74 Å². The molecule has 94 valence electrons. The molecule has 0 amide bonds. The molecule has 0 saturated carbocycles. The quantitative estimate of drug-likeness (QED) is 0.895. The molecule has 0 fully saturated rings. The third-order valence-corrected chi connectivity index (χ3v) is 3.36. The molecule has 18 heavy (non-hydrogen) atoms. The van der Waals surface area contributed by atoms with E-state index >= 15 is 0 Å². The molecule has 0 radical (unpaired) electrons. The summed E-state index contributed by atoms with van der Waals surface area (Å²) < 4.78 is 7.89. The minimum atomic E-state index is 0.272. The van der Waals surface area contributed by atoms with Gasteiger partial charge in [0.2, 0.25) is 0 Å². The lowest BCUT2D eigenvalue weighted by atomic mass is 10.0. The van der Waals surface area contributed by atoms with E-state index in [-0.39, 0.29) is 6.04 Å². The molecule has 0 bridgehead atoms. The first-order valence-electron chi connectivity index (χ1n) is 6.49. The summed E-state index contributed by atoms with van der Waals surface area (Å²) in [6.07, 6.45) is 2.15. The Labute approximate surface area is 107 Å². The third-order valence-electron chi connectivity index (χ3n) is 3.36. The molecule has 0 spiro atoms. The van der Waals surface area contributed by atoms with Crippen LogP contribution in [0.5, 0.6) is 5.75 Å². The molecule has 1 aromatic carbocycles. The number of aromatic nitrogens is 1. The van der Waals surface area contributed by atoms with E-state index in [0.29, 0.717) is 6.61 Å². The molecule has 2 aromatic rings. The molecule has 1 unspecified atom stereocenters. The molecule has 3 heteroatoms. The Hall–Kier alpha value is -1.74. The maximum Gasteiger partial charge on any atom is 0.119 e. The van der Waals surface area contributed by atoms with E-state index in [1.807, 2.05) is 13.0 Å². The van der Waals surface area contributed by atoms with Crippen LogP contribution in [0.15, 0.2) is 42.6 Å². The molecule has 0 saturated heterocycles. The van der Waals surface area contributed by atoms with Crippen LogP contribution in [0.4, 0.5) is 0 Å². The number of hydrogen-bond donors (Lipinski definition) is 1. The van der Waals surface area contributed by atoms with Crippen molar-refractivity contribution in [1.82, 2.24) is 9.88 Å². The molecule has 3 rings (SSSR count). The third kappa shape index (κ3) is 2.02. The van der Waals surface area contributed by atoms with Crippen LogP contribution in [0, 0.1) is 0 Å². The summed E-state index contributed by atoms with van der Waals surface area (Å²) in [6.45, 7) is 4.77. The molecule has 3 nitrogen and oxygen atoms in total. The van der Waals surface area contributed by atoms with E-state index in [9.17, 15) is 0 Å². The molecule has 0 aliphatic carbocycles. The van der Waals surface area contributed by atoms with Gasteiger partial charge in [0.05, 0.1) is 12.6 Å². The van der Waals surface area contributed by atoms with E-state index in [1.165, 1.54) is 11.3 Å². The largest absolute Gasteiger partial charge is 0.494 e. The van der Waals surface area contributed by atoms with Gasteiger partial charge >= 0.3 is 0 Å². The smallest absolute Gasteiger partial charge is 0.119 e. The van der Waals surface area contributed by atoms with Crippen molar-refractivity contribution in [2.75, 3.05) is 13.2 Å². The summed E-state index contributed by atoms with van der Waals surface area (Å²) in [5.41, 5.74) is 2.59. The molecule has 1 aliphatic rings. The van der Waals surface area contributed by atoms with Gasteiger partial charge in [-0.1, -0.05) is 12.1 Å². The van der Waals surface area contributed by atoms with Crippen LogP contribution in [0.25, 0.3) is 0 Å². The van der Waals surface area contributed by atoms with Gasteiger partial charge in [0, 0.05) is 25.0 Å². The monoisotopic (exact) mass is 242 g/mol. The van der Waals surface area contributed by atoms with Crippen LogP contribution >= 0.6 is 0 Å². The SMILES string of the molecule is CCOc1cccc(C2NCCn3cccc32)c1. The van der Waals surface area contributed by atoms with Crippen molar-refractivity contribution in [3.05, 3.63) is 53.9 Å². The maximum atomic E-state index is 5.57. The summed E-state index contributed by atoms with van der Waals surface area (Å²) in [7, 11) is 0. The lowest BCUT2D eigenvalue weighted by Gasteiger charge is -2.27. The minimum Gasteiger partial charge on any atom is -0.494 e. The summed E-state index contributed by atoms with van der Waals surface area (Å²) >= 11 is 0. The van der Waals surface area contributed by atoms with E-state index in [4.69, 9.17) is 4.74 Å². The van der Waals surface area contributed by atoms with Gasteiger partial charge in [0.1, 0.15) is 5.75 Å². The molecule has 1 atom stereocenters. The first-order valence-corrected chi connectivity index (χ1v) is 6.49. The normalized spacial score (nSPS) is 18.4. The van der Waals surface area contributed by atoms with Crippen LogP contribution in [0.3, 0.4) is 0 Å². The summed E-state index contributed by atoms with van der Waals surface area (Å²) in [6, 6.07) is 12.9. The Morgan fingerprint density at radius 1 is 1.33 bits per heavy atom. The Bertz CT molecular complexity index is 533. The predicted molar refractivity (Wildman–Crippen MR) is 71.9 cm³/mol. The average molecular weight is 242 g/mol. The number of benzene rings is 1. The maximum absolute atomic E-state index is 5.57. The average Bonchev–Trinajstić information content (AvgIpc) is 2.87. The summed E-state index contributed by atoms with van der Waals surface area (Å²) in [5, 5.41) is 3.57. The molecule has 2 heterocycles. The van der Waals surface area contributed by atoms with Gasteiger partial charge in [-0.15, -0.1) is 0 Å².